The Hall–Kier alpha value is -1.30. The van der Waals surface area contributed by atoms with Gasteiger partial charge in [0.05, 0.1) is 0 Å². The summed E-state index contributed by atoms with van der Waals surface area (Å²) in [5, 5.41) is 0. The average Bonchev–Trinajstić information content (AvgIpc) is 2.57. The van der Waals surface area contributed by atoms with Crippen molar-refractivity contribution < 1.29 is 0 Å². The molecule has 0 N–H and O–H groups in total. The molecule has 0 spiro atoms. The standard InChI is InChI=1S/C23H36/c1-5-7-9-11-15-22-16-12-13-17-23(22)19-18-21(4)20(3)14-10-8-6-2/h8,10,12-13,16-21H,5-7,9,11,14-15H2,1-4H3/b10-8-,19-18+. The Morgan fingerprint density at radius 3 is 2.48 bits per heavy atom. The SMILES string of the molecule is CC/C=C\CC(C)C(C)/C=C/c1ccccc1CCCCCC. The van der Waals surface area contributed by atoms with Crippen LogP contribution >= 0.6 is 0 Å². The highest BCUT2D eigenvalue weighted by molar-refractivity contribution is 5.54. The van der Waals surface area contributed by atoms with Gasteiger partial charge in [-0.3, -0.25) is 0 Å². The van der Waals surface area contributed by atoms with Crippen molar-refractivity contribution in [1.82, 2.24) is 0 Å². The first-order valence-electron chi connectivity index (χ1n) is 9.60. The van der Waals surface area contributed by atoms with Crippen molar-refractivity contribution >= 4 is 6.08 Å². The second kappa shape index (κ2) is 12.2. The molecule has 1 aromatic carbocycles. The van der Waals surface area contributed by atoms with E-state index in [1.54, 1.807) is 0 Å². The van der Waals surface area contributed by atoms with E-state index >= 15 is 0 Å². The molecular weight excluding hydrogens is 276 g/mol. The van der Waals surface area contributed by atoms with Crippen LogP contribution < -0.4 is 0 Å². The van der Waals surface area contributed by atoms with Gasteiger partial charge in [0.1, 0.15) is 0 Å². The van der Waals surface area contributed by atoms with Crippen molar-refractivity contribution in [2.24, 2.45) is 11.8 Å². The van der Waals surface area contributed by atoms with Crippen LogP contribution in [0.5, 0.6) is 0 Å². The van der Waals surface area contributed by atoms with Crippen molar-refractivity contribution in [1.29, 1.82) is 0 Å². The predicted octanol–water partition coefficient (Wildman–Crippen LogP) is 7.45. The fourth-order valence-electron chi connectivity index (χ4n) is 2.80. The van der Waals surface area contributed by atoms with E-state index in [9.17, 15) is 0 Å². The van der Waals surface area contributed by atoms with Gasteiger partial charge in [-0.05, 0) is 48.6 Å². The van der Waals surface area contributed by atoms with Crippen molar-refractivity contribution in [2.75, 3.05) is 0 Å². The number of hydrogen-bond acceptors (Lipinski definition) is 0. The lowest BCUT2D eigenvalue weighted by molar-refractivity contribution is 0.467. The van der Waals surface area contributed by atoms with Crippen molar-refractivity contribution in [3.05, 3.63) is 53.6 Å². The minimum atomic E-state index is 0.615. The molecular formula is C23H36. The first kappa shape index (κ1) is 19.7. The Kier molecular flexibility index (Phi) is 10.4. The Morgan fingerprint density at radius 1 is 0.957 bits per heavy atom. The summed E-state index contributed by atoms with van der Waals surface area (Å²) in [4.78, 5) is 0. The van der Waals surface area contributed by atoms with Crippen molar-refractivity contribution in [3.63, 3.8) is 0 Å². The molecule has 23 heavy (non-hydrogen) atoms. The molecule has 0 bridgehead atoms. The van der Waals surface area contributed by atoms with Gasteiger partial charge >= 0.3 is 0 Å². The van der Waals surface area contributed by atoms with Crippen LogP contribution in [0.15, 0.2) is 42.5 Å². The molecule has 0 heteroatoms. The Balaban J connectivity index is 2.59. The minimum absolute atomic E-state index is 0.615. The zero-order chi connectivity index (χ0) is 16.9. The molecule has 0 aliphatic rings. The maximum Gasteiger partial charge on any atom is -0.0228 e. The third-order valence-electron chi connectivity index (χ3n) is 4.74. The summed E-state index contributed by atoms with van der Waals surface area (Å²) in [6.07, 6.45) is 18.2. The van der Waals surface area contributed by atoms with E-state index in [0.717, 1.165) is 6.42 Å². The smallest absolute Gasteiger partial charge is 0.0228 e. The Bertz CT molecular complexity index is 467. The van der Waals surface area contributed by atoms with E-state index in [4.69, 9.17) is 0 Å². The molecule has 1 aromatic rings. The van der Waals surface area contributed by atoms with Crippen molar-refractivity contribution in [2.45, 2.75) is 72.6 Å². The molecule has 0 amide bonds. The lowest BCUT2D eigenvalue weighted by Gasteiger charge is -2.14. The molecule has 0 heterocycles. The molecule has 0 aliphatic carbocycles. The maximum atomic E-state index is 2.40. The highest BCUT2D eigenvalue weighted by Gasteiger charge is 2.07. The van der Waals surface area contributed by atoms with Crippen LogP contribution in [0.1, 0.15) is 77.3 Å². The van der Waals surface area contributed by atoms with Crippen LogP contribution in [0, 0.1) is 11.8 Å². The molecule has 128 valence electrons. The number of hydrogen-bond donors (Lipinski definition) is 0. The van der Waals surface area contributed by atoms with Gasteiger partial charge in [0, 0.05) is 0 Å². The van der Waals surface area contributed by atoms with E-state index in [2.05, 4.69) is 76.3 Å². The molecule has 2 atom stereocenters. The Labute approximate surface area is 144 Å². The zero-order valence-corrected chi connectivity index (χ0v) is 15.7. The second-order valence-electron chi connectivity index (χ2n) is 6.82. The van der Waals surface area contributed by atoms with E-state index in [-0.39, 0.29) is 0 Å². The molecule has 0 aliphatic heterocycles. The van der Waals surface area contributed by atoms with Crippen LogP contribution in [-0.2, 0) is 6.42 Å². The van der Waals surface area contributed by atoms with Gasteiger partial charge in [0.25, 0.3) is 0 Å². The van der Waals surface area contributed by atoms with Crippen LogP contribution in [0.4, 0.5) is 0 Å². The van der Waals surface area contributed by atoms with Gasteiger partial charge in [0.2, 0.25) is 0 Å². The highest BCUT2D eigenvalue weighted by atomic mass is 14.1. The zero-order valence-electron chi connectivity index (χ0n) is 15.7. The lowest BCUT2D eigenvalue weighted by atomic mass is 9.91. The van der Waals surface area contributed by atoms with E-state index in [1.165, 1.54) is 49.7 Å². The third-order valence-corrected chi connectivity index (χ3v) is 4.74. The van der Waals surface area contributed by atoms with Gasteiger partial charge in [-0.25, -0.2) is 0 Å². The fraction of sp³-hybridized carbons (Fsp3) is 0.565. The predicted molar refractivity (Wildman–Crippen MR) is 106 cm³/mol. The highest BCUT2D eigenvalue weighted by Crippen LogP contribution is 2.20. The van der Waals surface area contributed by atoms with Crippen molar-refractivity contribution in [3.8, 4) is 0 Å². The number of rotatable bonds is 11. The maximum absolute atomic E-state index is 2.40. The van der Waals surface area contributed by atoms with Gasteiger partial charge in [-0.1, -0.05) is 95.5 Å². The quantitative estimate of drug-likeness (QED) is 0.294. The van der Waals surface area contributed by atoms with Gasteiger partial charge < -0.3 is 0 Å². The summed E-state index contributed by atoms with van der Waals surface area (Å²) in [5.74, 6) is 1.32. The summed E-state index contributed by atoms with van der Waals surface area (Å²) in [7, 11) is 0. The first-order valence-corrected chi connectivity index (χ1v) is 9.60. The second-order valence-corrected chi connectivity index (χ2v) is 6.82. The Morgan fingerprint density at radius 2 is 1.74 bits per heavy atom. The van der Waals surface area contributed by atoms with Crippen LogP contribution in [0.25, 0.3) is 6.08 Å². The monoisotopic (exact) mass is 312 g/mol. The third kappa shape index (κ3) is 8.21. The lowest BCUT2D eigenvalue weighted by Crippen LogP contribution is -2.03. The van der Waals surface area contributed by atoms with Crippen LogP contribution in [0.3, 0.4) is 0 Å². The summed E-state index contributed by atoms with van der Waals surface area (Å²) in [5.41, 5.74) is 2.91. The summed E-state index contributed by atoms with van der Waals surface area (Å²) < 4.78 is 0. The van der Waals surface area contributed by atoms with E-state index < -0.39 is 0 Å². The van der Waals surface area contributed by atoms with Gasteiger partial charge in [0.15, 0.2) is 0 Å². The molecule has 0 fully saturated rings. The molecule has 1 rings (SSSR count). The van der Waals surface area contributed by atoms with Gasteiger partial charge in [-0.15, -0.1) is 0 Å². The average molecular weight is 313 g/mol. The summed E-state index contributed by atoms with van der Waals surface area (Å²) in [6, 6.07) is 8.89. The molecule has 0 nitrogen and oxygen atoms in total. The number of benzene rings is 1. The largest absolute Gasteiger partial charge is 0.0888 e. The number of unbranched alkanes of at least 4 members (excludes halogenated alkanes) is 3. The minimum Gasteiger partial charge on any atom is -0.0888 e. The normalized spacial score (nSPS) is 14.6. The molecule has 0 aromatic heterocycles. The van der Waals surface area contributed by atoms with Gasteiger partial charge in [-0.2, -0.15) is 0 Å². The molecule has 0 saturated heterocycles. The summed E-state index contributed by atoms with van der Waals surface area (Å²) in [6.45, 7) is 9.16. The topological polar surface area (TPSA) is 0 Å². The number of allylic oxidation sites excluding steroid dienone is 3. The van der Waals surface area contributed by atoms with Crippen LogP contribution in [-0.4, -0.2) is 0 Å². The molecule has 0 saturated carbocycles. The van der Waals surface area contributed by atoms with E-state index in [1.807, 2.05) is 0 Å². The first-order chi connectivity index (χ1) is 11.2. The van der Waals surface area contributed by atoms with Crippen LogP contribution in [0.2, 0.25) is 0 Å². The fourth-order valence-corrected chi connectivity index (χ4v) is 2.80. The number of aryl methyl sites for hydroxylation is 1. The molecule has 0 radical (unpaired) electrons. The van der Waals surface area contributed by atoms with E-state index in [0.29, 0.717) is 11.8 Å². The molecule has 2 unspecified atom stereocenters. The summed E-state index contributed by atoms with van der Waals surface area (Å²) >= 11 is 0.